The number of guanidine groups is 1. The van der Waals surface area contributed by atoms with Crippen molar-refractivity contribution in [1.82, 2.24) is 4.90 Å². The number of anilines is 1. The maximum absolute atomic E-state index is 6.06. The lowest BCUT2D eigenvalue weighted by atomic mass is 10.0. The van der Waals surface area contributed by atoms with Crippen LogP contribution in [0.5, 0.6) is 0 Å². The lowest BCUT2D eigenvalue weighted by molar-refractivity contribution is 0.262. The van der Waals surface area contributed by atoms with Gasteiger partial charge in [0.25, 0.3) is 0 Å². The third-order valence-electron chi connectivity index (χ3n) is 5.28. The van der Waals surface area contributed by atoms with Crippen LogP contribution in [0.4, 0.5) is 5.69 Å². The standard InChI is InChI=1S/C21H26N4/c22-21(24-20-9-8-16-6-3-7-18(16)14-20)23-11-13-25-12-10-17-4-1-2-5-19(17)15-25/h1-2,4-5,8-9,14H,3,6-7,10-13,15H2,(H3,22,23,24). The Morgan fingerprint density at radius 1 is 1.00 bits per heavy atom. The lowest BCUT2D eigenvalue weighted by Gasteiger charge is -2.28. The van der Waals surface area contributed by atoms with Gasteiger partial charge in [0, 0.05) is 25.3 Å². The normalized spacial score (nSPS) is 17.2. The maximum Gasteiger partial charge on any atom is 0.193 e. The van der Waals surface area contributed by atoms with Gasteiger partial charge in [0.2, 0.25) is 0 Å². The van der Waals surface area contributed by atoms with Gasteiger partial charge in [-0.15, -0.1) is 0 Å². The molecule has 4 nitrogen and oxygen atoms in total. The van der Waals surface area contributed by atoms with E-state index in [0.717, 1.165) is 38.3 Å². The third kappa shape index (κ3) is 3.85. The largest absolute Gasteiger partial charge is 0.370 e. The quantitative estimate of drug-likeness (QED) is 0.668. The SMILES string of the molecule is NC(=NCCN1CCc2ccccc2C1)Nc1ccc2c(c1)CCC2. The van der Waals surface area contributed by atoms with Crippen molar-refractivity contribution in [2.24, 2.45) is 10.7 Å². The molecular weight excluding hydrogens is 308 g/mol. The molecule has 0 aromatic heterocycles. The summed E-state index contributed by atoms with van der Waals surface area (Å²) in [5, 5.41) is 3.23. The Balaban J connectivity index is 1.29. The van der Waals surface area contributed by atoms with Crippen LogP contribution < -0.4 is 11.1 Å². The molecular formula is C21H26N4. The highest BCUT2D eigenvalue weighted by atomic mass is 15.2. The molecule has 0 bridgehead atoms. The monoisotopic (exact) mass is 334 g/mol. The molecule has 0 fully saturated rings. The Morgan fingerprint density at radius 3 is 2.72 bits per heavy atom. The molecule has 1 heterocycles. The van der Waals surface area contributed by atoms with Crippen LogP contribution in [0.3, 0.4) is 0 Å². The van der Waals surface area contributed by atoms with Gasteiger partial charge in [0.1, 0.15) is 0 Å². The molecule has 1 aliphatic heterocycles. The Labute approximate surface area is 149 Å². The van der Waals surface area contributed by atoms with Gasteiger partial charge in [-0.2, -0.15) is 0 Å². The number of nitrogens with zero attached hydrogens (tertiary/aromatic N) is 2. The summed E-state index contributed by atoms with van der Waals surface area (Å²) in [5.74, 6) is 0.510. The van der Waals surface area contributed by atoms with Gasteiger partial charge in [0.15, 0.2) is 5.96 Å². The number of nitrogens with one attached hydrogen (secondary N) is 1. The van der Waals surface area contributed by atoms with Crippen LogP contribution in [0.25, 0.3) is 0 Å². The molecule has 0 saturated carbocycles. The summed E-state index contributed by atoms with van der Waals surface area (Å²) in [7, 11) is 0. The smallest absolute Gasteiger partial charge is 0.193 e. The van der Waals surface area contributed by atoms with Crippen LogP contribution >= 0.6 is 0 Å². The van der Waals surface area contributed by atoms with Gasteiger partial charge in [0.05, 0.1) is 6.54 Å². The van der Waals surface area contributed by atoms with Crippen molar-refractivity contribution in [2.75, 3.05) is 25.0 Å². The number of nitrogens with two attached hydrogens (primary N) is 1. The van der Waals surface area contributed by atoms with Crippen LogP contribution in [0, 0.1) is 0 Å². The predicted octanol–water partition coefficient (Wildman–Crippen LogP) is 2.96. The highest BCUT2D eigenvalue weighted by molar-refractivity contribution is 5.92. The first-order valence-electron chi connectivity index (χ1n) is 9.26. The molecule has 130 valence electrons. The molecule has 25 heavy (non-hydrogen) atoms. The van der Waals surface area contributed by atoms with Crippen molar-refractivity contribution < 1.29 is 0 Å². The van der Waals surface area contributed by atoms with E-state index >= 15 is 0 Å². The minimum atomic E-state index is 0.510. The number of benzene rings is 2. The fourth-order valence-electron chi connectivity index (χ4n) is 3.89. The summed E-state index contributed by atoms with van der Waals surface area (Å²) in [6.07, 6.45) is 4.78. The van der Waals surface area contributed by atoms with Gasteiger partial charge in [-0.1, -0.05) is 30.3 Å². The Bertz CT molecular complexity index is 781. The third-order valence-corrected chi connectivity index (χ3v) is 5.28. The minimum absolute atomic E-state index is 0.510. The van der Waals surface area contributed by atoms with Gasteiger partial charge < -0.3 is 11.1 Å². The lowest BCUT2D eigenvalue weighted by Crippen LogP contribution is -2.33. The number of rotatable bonds is 4. The second-order valence-corrected chi connectivity index (χ2v) is 7.02. The second kappa shape index (κ2) is 7.28. The highest BCUT2D eigenvalue weighted by Gasteiger charge is 2.15. The van der Waals surface area contributed by atoms with E-state index < -0.39 is 0 Å². The highest BCUT2D eigenvalue weighted by Crippen LogP contribution is 2.24. The Morgan fingerprint density at radius 2 is 1.80 bits per heavy atom. The molecule has 0 saturated heterocycles. The van der Waals surface area contributed by atoms with Crippen molar-refractivity contribution in [2.45, 2.75) is 32.2 Å². The van der Waals surface area contributed by atoms with Crippen LogP contribution in [-0.2, 0) is 25.8 Å². The molecule has 2 aromatic carbocycles. The summed E-state index contributed by atoms with van der Waals surface area (Å²) in [4.78, 5) is 6.96. The molecule has 3 N–H and O–H groups in total. The van der Waals surface area contributed by atoms with E-state index in [2.05, 4.69) is 57.7 Å². The van der Waals surface area contributed by atoms with E-state index in [0.29, 0.717) is 5.96 Å². The first-order chi connectivity index (χ1) is 12.3. The van der Waals surface area contributed by atoms with Crippen molar-refractivity contribution in [3.63, 3.8) is 0 Å². The molecule has 0 atom stereocenters. The van der Waals surface area contributed by atoms with E-state index in [1.165, 1.54) is 41.5 Å². The minimum Gasteiger partial charge on any atom is -0.370 e. The van der Waals surface area contributed by atoms with Gasteiger partial charge in [-0.25, -0.2) is 0 Å². The predicted molar refractivity (Wildman–Crippen MR) is 104 cm³/mol. The van der Waals surface area contributed by atoms with Crippen molar-refractivity contribution in [3.8, 4) is 0 Å². The summed E-state index contributed by atoms with van der Waals surface area (Å²) in [5.41, 5.74) is 13.0. The van der Waals surface area contributed by atoms with E-state index in [1.54, 1.807) is 0 Å². The van der Waals surface area contributed by atoms with Gasteiger partial charge >= 0.3 is 0 Å². The van der Waals surface area contributed by atoms with E-state index in [-0.39, 0.29) is 0 Å². The molecule has 2 aromatic rings. The molecule has 1 aliphatic carbocycles. The summed E-state index contributed by atoms with van der Waals surface area (Å²) in [6.45, 7) is 3.79. The number of fused-ring (bicyclic) bond motifs is 2. The average molecular weight is 334 g/mol. The zero-order valence-corrected chi connectivity index (χ0v) is 14.7. The maximum atomic E-state index is 6.06. The molecule has 2 aliphatic rings. The molecule has 4 heteroatoms. The number of aliphatic imine (C=N–C) groups is 1. The molecule has 0 spiro atoms. The van der Waals surface area contributed by atoms with E-state index in [1.807, 2.05) is 0 Å². The first kappa shape index (κ1) is 16.2. The van der Waals surface area contributed by atoms with Crippen LogP contribution in [0.15, 0.2) is 47.5 Å². The molecule has 4 rings (SSSR count). The van der Waals surface area contributed by atoms with Gasteiger partial charge in [-0.05, 0) is 60.1 Å². The zero-order chi connectivity index (χ0) is 17.1. The van der Waals surface area contributed by atoms with Crippen molar-refractivity contribution in [1.29, 1.82) is 0 Å². The zero-order valence-electron chi connectivity index (χ0n) is 14.7. The average Bonchev–Trinajstić information content (AvgIpc) is 3.09. The first-order valence-corrected chi connectivity index (χ1v) is 9.26. The molecule has 0 amide bonds. The van der Waals surface area contributed by atoms with Crippen LogP contribution in [-0.4, -0.2) is 30.5 Å². The van der Waals surface area contributed by atoms with Crippen LogP contribution in [0.2, 0.25) is 0 Å². The topological polar surface area (TPSA) is 53.6 Å². The number of hydrogen-bond acceptors (Lipinski definition) is 2. The van der Waals surface area contributed by atoms with Crippen molar-refractivity contribution >= 4 is 11.6 Å². The van der Waals surface area contributed by atoms with Gasteiger partial charge in [-0.3, -0.25) is 9.89 Å². The molecule has 0 unspecified atom stereocenters. The Hall–Kier alpha value is -2.33. The second-order valence-electron chi connectivity index (χ2n) is 7.02. The number of aryl methyl sites for hydroxylation is 2. The summed E-state index contributed by atoms with van der Waals surface area (Å²) in [6, 6.07) is 15.3. The van der Waals surface area contributed by atoms with Crippen molar-refractivity contribution in [3.05, 3.63) is 64.7 Å². The molecule has 0 radical (unpaired) electrons. The Kier molecular flexibility index (Phi) is 4.70. The summed E-state index contributed by atoms with van der Waals surface area (Å²) >= 11 is 0. The van der Waals surface area contributed by atoms with Crippen LogP contribution in [0.1, 0.15) is 28.7 Å². The fraction of sp³-hybridized carbons (Fsp3) is 0.381. The number of hydrogen-bond donors (Lipinski definition) is 2. The van der Waals surface area contributed by atoms with E-state index in [4.69, 9.17) is 5.73 Å². The van der Waals surface area contributed by atoms with E-state index in [9.17, 15) is 0 Å². The fourth-order valence-corrected chi connectivity index (χ4v) is 3.89. The summed E-state index contributed by atoms with van der Waals surface area (Å²) < 4.78 is 0.